The summed E-state index contributed by atoms with van der Waals surface area (Å²) in [5, 5.41) is 14.6. The van der Waals surface area contributed by atoms with Gasteiger partial charge < -0.3 is 14.6 Å². The van der Waals surface area contributed by atoms with Crippen LogP contribution in [-0.4, -0.2) is 30.4 Å². The molecular formula is C19H21ClN2O4. The lowest BCUT2D eigenvalue weighted by molar-refractivity contribution is -0.123. The van der Waals surface area contributed by atoms with Crippen LogP contribution in [0.25, 0.3) is 0 Å². The molecule has 0 radical (unpaired) electrons. The number of hydrazone groups is 1. The highest BCUT2D eigenvalue weighted by Gasteiger charge is 2.07. The van der Waals surface area contributed by atoms with Gasteiger partial charge in [-0.2, -0.15) is 5.10 Å². The Kier molecular flexibility index (Phi) is 6.86. The number of aryl methyl sites for hydroxylation is 2. The third-order valence-electron chi connectivity index (χ3n) is 3.50. The minimum Gasteiger partial charge on any atom is -0.504 e. The van der Waals surface area contributed by atoms with Crippen LogP contribution in [0.4, 0.5) is 0 Å². The van der Waals surface area contributed by atoms with E-state index in [4.69, 9.17) is 21.1 Å². The van der Waals surface area contributed by atoms with Crippen molar-refractivity contribution in [2.24, 2.45) is 5.10 Å². The van der Waals surface area contributed by atoms with Gasteiger partial charge in [0, 0.05) is 10.6 Å². The van der Waals surface area contributed by atoms with Crippen molar-refractivity contribution >= 4 is 23.7 Å². The molecule has 0 saturated carbocycles. The van der Waals surface area contributed by atoms with Gasteiger partial charge in [-0.05, 0) is 56.2 Å². The Hall–Kier alpha value is -2.73. The van der Waals surface area contributed by atoms with Crippen molar-refractivity contribution in [3.8, 4) is 17.2 Å². The second-order valence-corrected chi connectivity index (χ2v) is 5.96. The molecule has 0 bridgehead atoms. The molecule has 26 heavy (non-hydrogen) atoms. The summed E-state index contributed by atoms with van der Waals surface area (Å²) in [7, 11) is 0. The number of aromatic hydroxyl groups is 1. The number of amides is 1. The number of para-hydroxylation sites is 1. The van der Waals surface area contributed by atoms with Gasteiger partial charge in [-0.15, -0.1) is 0 Å². The van der Waals surface area contributed by atoms with Crippen molar-refractivity contribution in [3.63, 3.8) is 0 Å². The number of carbonyl (C=O) groups is 1. The van der Waals surface area contributed by atoms with Crippen molar-refractivity contribution in [2.45, 2.75) is 20.8 Å². The first-order valence-electron chi connectivity index (χ1n) is 8.08. The Morgan fingerprint density at radius 1 is 1.27 bits per heavy atom. The molecule has 7 heteroatoms. The number of carbonyl (C=O) groups excluding carboxylic acids is 1. The monoisotopic (exact) mass is 376 g/mol. The molecule has 2 aromatic rings. The van der Waals surface area contributed by atoms with Gasteiger partial charge in [0.05, 0.1) is 12.8 Å². The van der Waals surface area contributed by atoms with Gasteiger partial charge in [-0.25, -0.2) is 5.43 Å². The lowest BCUT2D eigenvalue weighted by Gasteiger charge is -2.09. The number of nitrogens with one attached hydrogen (secondary N) is 1. The summed E-state index contributed by atoms with van der Waals surface area (Å²) in [6.07, 6.45) is 1.34. The van der Waals surface area contributed by atoms with E-state index < -0.39 is 5.91 Å². The second kappa shape index (κ2) is 9.10. The molecule has 0 spiro atoms. The van der Waals surface area contributed by atoms with Gasteiger partial charge in [0.15, 0.2) is 18.1 Å². The SMILES string of the molecule is CCOc1cccc(C=NNC(=O)COc2cc(C)c(Cl)c(C)c2)c1O. The van der Waals surface area contributed by atoms with Crippen LogP contribution < -0.4 is 14.9 Å². The fourth-order valence-corrected chi connectivity index (χ4v) is 2.37. The number of hydrogen-bond donors (Lipinski definition) is 2. The topological polar surface area (TPSA) is 80.2 Å². The predicted molar refractivity (Wildman–Crippen MR) is 101 cm³/mol. The van der Waals surface area contributed by atoms with Crippen LogP contribution in [0, 0.1) is 13.8 Å². The third kappa shape index (κ3) is 5.13. The highest BCUT2D eigenvalue weighted by atomic mass is 35.5. The number of rotatable bonds is 7. The molecule has 0 heterocycles. The maximum absolute atomic E-state index is 11.8. The molecule has 0 atom stereocenters. The highest BCUT2D eigenvalue weighted by Crippen LogP contribution is 2.28. The molecule has 2 aromatic carbocycles. The van der Waals surface area contributed by atoms with Crippen LogP contribution in [0.3, 0.4) is 0 Å². The fourth-order valence-electron chi connectivity index (χ4n) is 2.26. The largest absolute Gasteiger partial charge is 0.504 e. The van der Waals surface area contributed by atoms with E-state index in [0.717, 1.165) is 11.1 Å². The number of ether oxygens (including phenoxy) is 2. The zero-order valence-electron chi connectivity index (χ0n) is 14.9. The lowest BCUT2D eigenvalue weighted by Crippen LogP contribution is -2.24. The zero-order valence-corrected chi connectivity index (χ0v) is 15.6. The van der Waals surface area contributed by atoms with Crippen molar-refractivity contribution in [3.05, 3.63) is 52.0 Å². The minimum atomic E-state index is -0.424. The quantitative estimate of drug-likeness (QED) is 0.571. The van der Waals surface area contributed by atoms with E-state index in [0.29, 0.717) is 28.7 Å². The summed E-state index contributed by atoms with van der Waals surface area (Å²) in [5.41, 5.74) is 4.54. The van der Waals surface area contributed by atoms with Crippen molar-refractivity contribution in [1.82, 2.24) is 5.43 Å². The number of halogens is 1. The first-order valence-corrected chi connectivity index (χ1v) is 8.46. The van der Waals surface area contributed by atoms with Crippen LogP contribution in [-0.2, 0) is 4.79 Å². The molecule has 138 valence electrons. The summed E-state index contributed by atoms with van der Waals surface area (Å²) >= 11 is 6.10. The average molecular weight is 377 g/mol. The first-order chi connectivity index (χ1) is 12.4. The molecule has 0 aliphatic rings. The molecule has 0 saturated heterocycles. The molecule has 0 unspecified atom stereocenters. The Bertz CT molecular complexity index is 798. The van der Waals surface area contributed by atoms with Gasteiger partial charge in [-0.3, -0.25) is 4.79 Å². The molecule has 2 N–H and O–H groups in total. The summed E-state index contributed by atoms with van der Waals surface area (Å²) in [6, 6.07) is 8.57. The van der Waals surface area contributed by atoms with Crippen LogP contribution in [0.2, 0.25) is 5.02 Å². The third-order valence-corrected chi connectivity index (χ3v) is 4.10. The maximum atomic E-state index is 11.8. The number of phenolic OH excluding ortho intramolecular Hbond substituents is 1. The van der Waals surface area contributed by atoms with E-state index in [9.17, 15) is 9.90 Å². The molecule has 0 fully saturated rings. The van der Waals surface area contributed by atoms with Crippen LogP contribution >= 0.6 is 11.6 Å². The standard InChI is InChI=1S/C19H21ClN2O4/c1-4-25-16-7-5-6-14(19(16)24)10-21-22-17(23)11-26-15-8-12(2)18(20)13(3)9-15/h5-10,24H,4,11H2,1-3H3,(H,22,23). The van der Waals surface area contributed by atoms with Crippen molar-refractivity contribution < 1.29 is 19.4 Å². The smallest absolute Gasteiger partial charge is 0.277 e. The van der Waals surface area contributed by atoms with Crippen molar-refractivity contribution in [1.29, 1.82) is 0 Å². The minimum absolute atomic E-state index is 0.0317. The second-order valence-electron chi connectivity index (χ2n) is 5.58. The molecule has 2 rings (SSSR count). The summed E-state index contributed by atoms with van der Waals surface area (Å²) in [5.74, 6) is 0.466. The van der Waals surface area contributed by atoms with Crippen LogP contribution in [0.15, 0.2) is 35.4 Å². The molecule has 1 amide bonds. The van der Waals surface area contributed by atoms with Gasteiger partial charge in [0.1, 0.15) is 5.75 Å². The van der Waals surface area contributed by atoms with Crippen molar-refractivity contribution in [2.75, 3.05) is 13.2 Å². The van der Waals surface area contributed by atoms with E-state index in [1.807, 2.05) is 20.8 Å². The fraction of sp³-hybridized carbons (Fsp3) is 0.263. The summed E-state index contributed by atoms with van der Waals surface area (Å²) in [4.78, 5) is 11.8. The lowest BCUT2D eigenvalue weighted by atomic mass is 10.1. The normalized spacial score (nSPS) is 10.8. The number of nitrogens with zero attached hydrogens (tertiary/aromatic N) is 1. The molecular weight excluding hydrogens is 356 g/mol. The number of hydrogen-bond acceptors (Lipinski definition) is 5. The molecule has 6 nitrogen and oxygen atoms in total. The van der Waals surface area contributed by atoms with Crippen LogP contribution in [0.1, 0.15) is 23.6 Å². The summed E-state index contributed by atoms with van der Waals surface area (Å²) < 4.78 is 10.7. The Morgan fingerprint density at radius 3 is 2.62 bits per heavy atom. The van der Waals surface area contributed by atoms with Gasteiger partial charge >= 0.3 is 0 Å². The number of phenols is 1. The molecule has 0 aliphatic carbocycles. The van der Waals surface area contributed by atoms with Crippen LogP contribution in [0.5, 0.6) is 17.2 Å². The predicted octanol–water partition coefficient (Wildman–Crippen LogP) is 3.59. The van der Waals surface area contributed by atoms with E-state index in [1.54, 1.807) is 30.3 Å². The van der Waals surface area contributed by atoms with Gasteiger partial charge in [-0.1, -0.05) is 17.7 Å². The van der Waals surface area contributed by atoms with Gasteiger partial charge in [0.2, 0.25) is 0 Å². The molecule has 0 aromatic heterocycles. The van der Waals surface area contributed by atoms with E-state index >= 15 is 0 Å². The number of benzene rings is 2. The maximum Gasteiger partial charge on any atom is 0.277 e. The van der Waals surface area contributed by atoms with E-state index in [2.05, 4.69) is 10.5 Å². The van der Waals surface area contributed by atoms with Gasteiger partial charge in [0.25, 0.3) is 5.91 Å². The Morgan fingerprint density at radius 2 is 1.96 bits per heavy atom. The highest BCUT2D eigenvalue weighted by molar-refractivity contribution is 6.32. The summed E-state index contributed by atoms with van der Waals surface area (Å²) in [6.45, 7) is 5.81. The first kappa shape index (κ1) is 19.6. The molecule has 0 aliphatic heterocycles. The van der Waals surface area contributed by atoms with E-state index in [1.165, 1.54) is 6.21 Å². The Balaban J connectivity index is 1.91. The Labute approximate surface area is 157 Å². The van der Waals surface area contributed by atoms with E-state index in [-0.39, 0.29) is 12.4 Å². The average Bonchev–Trinajstić information content (AvgIpc) is 2.61. The zero-order chi connectivity index (χ0) is 19.1.